The van der Waals surface area contributed by atoms with Crippen LogP contribution in [0.5, 0.6) is 0 Å². The third-order valence-electron chi connectivity index (χ3n) is 1.12. The van der Waals surface area contributed by atoms with Crippen molar-refractivity contribution in [1.82, 2.24) is 10.4 Å². The molecule has 0 bridgehead atoms. The van der Waals surface area contributed by atoms with Crippen LogP contribution >= 0.6 is 36.2 Å². The molecule has 0 saturated heterocycles. The molecule has 0 fully saturated rings. The molecule has 0 radical (unpaired) electrons. The molecule has 0 aliphatic heterocycles. The molecule has 14 heavy (non-hydrogen) atoms. The molecule has 0 aromatic carbocycles. The Hall–Kier alpha value is -0.400. The summed E-state index contributed by atoms with van der Waals surface area (Å²) in [5.41, 5.74) is 4.30. The van der Waals surface area contributed by atoms with Crippen molar-refractivity contribution < 1.29 is 9.53 Å². The molecule has 3 N–H and O–H groups in total. The van der Waals surface area contributed by atoms with E-state index in [2.05, 4.69) is 10.4 Å². The van der Waals surface area contributed by atoms with Crippen LogP contribution in [0, 0.1) is 0 Å². The molecule has 0 unspecified atom stereocenters. The second-order valence-corrected chi connectivity index (χ2v) is 2.68. The number of ether oxygens (including phenoxy) is 1. The summed E-state index contributed by atoms with van der Waals surface area (Å²) >= 11 is 1.35. The van der Waals surface area contributed by atoms with E-state index >= 15 is 0 Å². The minimum atomic E-state index is -0.411. The molecule has 0 atom stereocenters. The van der Waals surface area contributed by atoms with E-state index in [9.17, 15) is 4.79 Å². The molecule has 5 nitrogen and oxygen atoms in total. The average Bonchev–Trinajstić information content (AvgIpc) is 2.56. The van der Waals surface area contributed by atoms with Gasteiger partial charge in [-0.25, -0.2) is 9.78 Å². The van der Waals surface area contributed by atoms with Crippen LogP contribution < -0.4 is 11.3 Å². The second-order valence-electron chi connectivity index (χ2n) is 1.96. The van der Waals surface area contributed by atoms with Gasteiger partial charge in [-0.15, -0.1) is 36.2 Å². The normalized spacial score (nSPS) is 8.36. The molecule has 82 valence electrons. The van der Waals surface area contributed by atoms with E-state index in [1.54, 1.807) is 10.9 Å². The van der Waals surface area contributed by atoms with Crippen molar-refractivity contribution in [3.63, 3.8) is 0 Å². The van der Waals surface area contributed by atoms with Gasteiger partial charge in [0, 0.05) is 11.9 Å². The molecule has 1 rings (SSSR count). The fraction of sp³-hybridized carbons (Fsp3) is 0.333. The van der Waals surface area contributed by atoms with Crippen LogP contribution in [0.3, 0.4) is 0 Å². The van der Waals surface area contributed by atoms with Crippen LogP contribution in [0.2, 0.25) is 0 Å². The van der Waals surface area contributed by atoms with Crippen molar-refractivity contribution in [2.45, 2.75) is 0 Å². The van der Waals surface area contributed by atoms with Gasteiger partial charge in [0.05, 0.1) is 5.51 Å². The van der Waals surface area contributed by atoms with Gasteiger partial charge in [0.25, 0.3) is 0 Å². The van der Waals surface area contributed by atoms with Gasteiger partial charge >= 0.3 is 5.97 Å². The van der Waals surface area contributed by atoms with Gasteiger partial charge in [0.2, 0.25) is 0 Å². The molecular formula is C6H11Cl2N3O2S. The first-order chi connectivity index (χ1) is 5.84. The fourth-order valence-corrected chi connectivity index (χ4v) is 1.11. The number of aromatic nitrogens is 1. The summed E-state index contributed by atoms with van der Waals surface area (Å²) in [5.74, 6) is 4.57. The highest BCUT2D eigenvalue weighted by Gasteiger charge is 2.07. The highest BCUT2D eigenvalue weighted by molar-refractivity contribution is 7.07. The highest BCUT2D eigenvalue weighted by atomic mass is 35.5. The van der Waals surface area contributed by atoms with Crippen LogP contribution in [-0.4, -0.2) is 24.1 Å². The predicted octanol–water partition coefficient (Wildman–Crippen LogP) is 0.607. The third-order valence-corrected chi connectivity index (χ3v) is 1.71. The molecule has 0 aliphatic rings. The monoisotopic (exact) mass is 259 g/mol. The lowest BCUT2D eigenvalue weighted by Crippen LogP contribution is -2.27. The first-order valence-electron chi connectivity index (χ1n) is 3.33. The molecule has 1 aromatic heterocycles. The number of thiazole rings is 1. The van der Waals surface area contributed by atoms with Gasteiger partial charge in [0.15, 0.2) is 5.69 Å². The summed E-state index contributed by atoms with van der Waals surface area (Å²) in [4.78, 5) is 14.8. The zero-order valence-electron chi connectivity index (χ0n) is 7.13. The Morgan fingerprint density at radius 3 is 2.86 bits per heavy atom. The van der Waals surface area contributed by atoms with Crippen LogP contribution in [0.15, 0.2) is 10.9 Å². The fourth-order valence-electron chi connectivity index (χ4n) is 0.590. The Bertz CT molecular complexity index is 245. The number of nitrogens with zero attached hydrogens (tertiary/aromatic N) is 1. The van der Waals surface area contributed by atoms with Gasteiger partial charge in [-0.2, -0.15) is 0 Å². The molecule has 8 heteroatoms. The van der Waals surface area contributed by atoms with Gasteiger partial charge in [-0.3, -0.25) is 11.3 Å². The molecule has 0 amide bonds. The van der Waals surface area contributed by atoms with E-state index < -0.39 is 5.97 Å². The SMILES string of the molecule is Cl.Cl.NNCCOC(=O)c1cscn1. The number of halogens is 2. The van der Waals surface area contributed by atoms with Crippen molar-refractivity contribution in [1.29, 1.82) is 0 Å². The van der Waals surface area contributed by atoms with E-state index in [0.717, 1.165) is 0 Å². The molecule has 1 heterocycles. The second kappa shape index (κ2) is 9.17. The molecule has 1 aromatic rings. The lowest BCUT2D eigenvalue weighted by atomic mass is 10.5. The van der Waals surface area contributed by atoms with Crippen molar-refractivity contribution >= 4 is 42.1 Å². The minimum absolute atomic E-state index is 0. The molecular weight excluding hydrogens is 249 g/mol. The van der Waals surface area contributed by atoms with E-state index in [1.807, 2.05) is 0 Å². The van der Waals surface area contributed by atoms with Crippen LogP contribution in [0.1, 0.15) is 10.5 Å². The summed E-state index contributed by atoms with van der Waals surface area (Å²) in [6.45, 7) is 0.697. The number of hydrogen-bond donors (Lipinski definition) is 2. The number of hydrogen-bond acceptors (Lipinski definition) is 6. The summed E-state index contributed by atoms with van der Waals surface area (Å²) in [6.07, 6.45) is 0. The average molecular weight is 260 g/mol. The van der Waals surface area contributed by atoms with Crippen molar-refractivity contribution in [2.24, 2.45) is 5.84 Å². The molecule has 0 saturated carbocycles. The van der Waals surface area contributed by atoms with Crippen molar-refractivity contribution in [3.05, 3.63) is 16.6 Å². The van der Waals surface area contributed by atoms with E-state index in [0.29, 0.717) is 12.2 Å². The van der Waals surface area contributed by atoms with Crippen molar-refractivity contribution in [3.8, 4) is 0 Å². The van der Waals surface area contributed by atoms with E-state index in [-0.39, 0.29) is 31.4 Å². The van der Waals surface area contributed by atoms with Gasteiger partial charge in [-0.1, -0.05) is 0 Å². The maximum absolute atomic E-state index is 11.0. The van der Waals surface area contributed by atoms with Crippen LogP contribution in [0.25, 0.3) is 0 Å². The lowest BCUT2D eigenvalue weighted by molar-refractivity contribution is 0.0503. The summed E-state index contributed by atoms with van der Waals surface area (Å²) in [5, 5.41) is 1.64. The summed E-state index contributed by atoms with van der Waals surface area (Å²) in [6, 6.07) is 0. The molecule has 0 aliphatic carbocycles. The van der Waals surface area contributed by atoms with Gasteiger partial charge < -0.3 is 4.74 Å². The summed E-state index contributed by atoms with van der Waals surface area (Å²) < 4.78 is 4.79. The van der Waals surface area contributed by atoms with E-state index in [4.69, 9.17) is 10.6 Å². The van der Waals surface area contributed by atoms with Gasteiger partial charge in [0.1, 0.15) is 6.61 Å². The van der Waals surface area contributed by atoms with Gasteiger partial charge in [-0.05, 0) is 0 Å². The zero-order valence-corrected chi connectivity index (χ0v) is 9.58. The largest absolute Gasteiger partial charge is 0.460 e. The first kappa shape index (κ1) is 16.0. The summed E-state index contributed by atoms with van der Waals surface area (Å²) in [7, 11) is 0. The number of esters is 1. The Kier molecular flexibility index (Phi) is 10.5. The Morgan fingerprint density at radius 2 is 2.36 bits per heavy atom. The quantitative estimate of drug-likeness (QED) is 0.359. The third kappa shape index (κ3) is 5.36. The Morgan fingerprint density at radius 1 is 1.64 bits per heavy atom. The maximum atomic E-state index is 11.0. The Balaban J connectivity index is 0. The molecule has 0 spiro atoms. The highest BCUT2D eigenvalue weighted by Crippen LogP contribution is 2.01. The number of carbonyl (C=O) groups is 1. The minimum Gasteiger partial charge on any atom is -0.460 e. The number of rotatable bonds is 4. The Labute approximate surface area is 97.8 Å². The van der Waals surface area contributed by atoms with Crippen LogP contribution in [-0.2, 0) is 4.74 Å². The number of nitrogens with one attached hydrogen (secondary N) is 1. The van der Waals surface area contributed by atoms with Crippen LogP contribution in [0.4, 0.5) is 0 Å². The predicted molar refractivity (Wildman–Crippen MR) is 59.1 cm³/mol. The van der Waals surface area contributed by atoms with E-state index in [1.165, 1.54) is 11.3 Å². The first-order valence-corrected chi connectivity index (χ1v) is 4.27. The zero-order chi connectivity index (χ0) is 8.81. The maximum Gasteiger partial charge on any atom is 0.357 e. The lowest BCUT2D eigenvalue weighted by Gasteiger charge is -2.00. The number of carbonyl (C=O) groups excluding carboxylic acids is 1. The number of hydrazine groups is 1. The number of nitrogens with two attached hydrogens (primary N) is 1. The van der Waals surface area contributed by atoms with Crippen molar-refractivity contribution in [2.75, 3.05) is 13.2 Å². The topological polar surface area (TPSA) is 77.2 Å². The standard InChI is InChI=1S/C6H9N3O2S.2ClH/c7-9-1-2-11-6(10)5-3-12-4-8-5;;/h3-4,9H,1-2,7H2;2*1H. The smallest absolute Gasteiger partial charge is 0.357 e.